The van der Waals surface area contributed by atoms with Crippen LogP contribution in [-0.4, -0.2) is 63.6 Å². The molecular weight excluding hydrogens is 286 g/mol. The molecule has 0 unspecified atom stereocenters. The van der Waals surface area contributed by atoms with Crippen LogP contribution in [0.25, 0.3) is 0 Å². The highest BCUT2D eigenvalue weighted by molar-refractivity contribution is 5.67. The first-order chi connectivity index (χ1) is 10.7. The molecule has 0 spiro atoms. The van der Waals surface area contributed by atoms with E-state index in [1.807, 2.05) is 19.1 Å². The number of hydrogen-bond donors (Lipinski definition) is 0. The van der Waals surface area contributed by atoms with Gasteiger partial charge >= 0.3 is 6.09 Å². The van der Waals surface area contributed by atoms with E-state index in [1.165, 1.54) is 4.73 Å². The molecule has 1 aromatic rings. The third-order valence-electron chi connectivity index (χ3n) is 3.91. The number of aryl methyl sites for hydroxylation is 1. The molecular formula is C15H22N3O4+. The van der Waals surface area contributed by atoms with Gasteiger partial charge in [0.25, 0.3) is 0 Å². The van der Waals surface area contributed by atoms with Gasteiger partial charge in [-0.25, -0.2) is 4.79 Å². The van der Waals surface area contributed by atoms with Gasteiger partial charge in [-0.2, -0.15) is 4.84 Å². The molecule has 0 N–H and O–H groups in total. The van der Waals surface area contributed by atoms with Crippen molar-refractivity contribution in [1.82, 2.24) is 4.90 Å². The maximum atomic E-state index is 12.1. The first kappa shape index (κ1) is 15.1. The van der Waals surface area contributed by atoms with Crippen LogP contribution < -0.4 is 14.5 Å². The summed E-state index contributed by atoms with van der Waals surface area (Å²) in [7, 11) is 0. The smallest absolute Gasteiger partial charge is 0.378 e. The number of morpholine rings is 2. The Bertz CT molecular complexity index is 526. The topological polar surface area (TPSA) is 55.1 Å². The third-order valence-corrected chi connectivity index (χ3v) is 3.91. The number of aromatic nitrogens is 1. The number of rotatable bonds is 2. The van der Waals surface area contributed by atoms with Crippen LogP contribution in [0.15, 0.2) is 18.3 Å². The molecule has 0 radical (unpaired) electrons. The lowest BCUT2D eigenvalue weighted by Crippen LogP contribution is -2.54. The van der Waals surface area contributed by atoms with Crippen molar-refractivity contribution in [3.05, 3.63) is 24.0 Å². The zero-order chi connectivity index (χ0) is 15.4. The number of ether oxygens (including phenoxy) is 2. The van der Waals surface area contributed by atoms with Crippen LogP contribution >= 0.6 is 0 Å². The maximum Gasteiger partial charge on any atom is 0.478 e. The maximum absolute atomic E-state index is 12.1. The Labute approximate surface area is 129 Å². The third kappa shape index (κ3) is 3.48. The molecule has 22 heavy (non-hydrogen) atoms. The van der Waals surface area contributed by atoms with E-state index >= 15 is 0 Å². The number of hydrogen-bond acceptors (Lipinski definition) is 5. The van der Waals surface area contributed by atoms with Crippen molar-refractivity contribution in [2.75, 3.05) is 57.5 Å². The Balaban J connectivity index is 1.65. The van der Waals surface area contributed by atoms with E-state index in [0.717, 1.165) is 37.7 Å². The molecule has 0 aliphatic carbocycles. The minimum absolute atomic E-state index is 0.337. The normalized spacial score (nSPS) is 19.1. The van der Waals surface area contributed by atoms with Crippen LogP contribution in [0.3, 0.4) is 0 Å². The second kappa shape index (κ2) is 6.93. The highest BCUT2D eigenvalue weighted by Crippen LogP contribution is 2.14. The fourth-order valence-corrected chi connectivity index (χ4v) is 2.60. The van der Waals surface area contributed by atoms with Crippen molar-refractivity contribution in [3.8, 4) is 0 Å². The van der Waals surface area contributed by atoms with Crippen molar-refractivity contribution >= 4 is 11.8 Å². The number of pyridine rings is 1. The number of amides is 1. The van der Waals surface area contributed by atoms with Gasteiger partial charge in [-0.1, -0.05) is 0 Å². The van der Waals surface area contributed by atoms with Gasteiger partial charge in [0.2, 0.25) is 11.9 Å². The van der Waals surface area contributed by atoms with Gasteiger partial charge in [-0.3, -0.25) is 4.90 Å². The second-order valence-corrected chi connectivity index (χ2v) is 5.41. The first-order valence-electron chi connectivity index (χ1n) is 7.64. The summed E-state index contributed by atoms with van der Waals surface area (Å²) in [5, 5.41) is 0. The van der Waals surface area contributed by atoms with Crippen LogP contribution in [0.5, 0.6) is 0 Å². The van der Waals surface area contributed by atoms with Crippen molar-refractivity contribution in [1.29, 1.82) is 0 Å². The van der Waals surface area contributed by atoms with Crippen molar-refractivity contribution in [2.45, 2.75) is 6.92 Å². The fourth-order valence-electron chi connectivity index (χ4n) is 2.60. The Morgan fingerprint density at radius 1 is 1.14 bits per heavy atom. The van der Waals surface area contributed by atoms with Crippen LogP contribution in [0.1, 0.15) is 5.69 Å². The predicted molar refractivity (Wildman–Crippen MR) is 78.8 cm³/mol. The average molecular weight is 308 g/mol. The first-order valence-corrected chi connectivity index (χ1v) is 7.64. The van der Waals surface area contributed by atoms with Gasteiger partial charge in [0.05, 0.1) is 26.4 Å². The molecule has 7 heteroatoms. The van der Waals surface area contributed by atoms with E-state index in [-0.39, 0.29) is 6.09 Å². The van der Waals surface area contributed by atoms with E-state index in [1.54, 1.807) is 11.1 Å². The molecule has 2 aliphatic rings. The number of anilines is 1. The number of carbonyl (C=O) groups excluding carboxylic acids is 1. The molecule has 0 atom stereocenters. The van der Waals surface area contributed by atoms with Gasteiger partial charge in [0, 0.05) is 55.7 Å². The van der Waals surface area contributed by atoms with Gasteiger partial charge in [0.15, 0.2) is 0 Å². The Hall–Kier alpha value is -1.86. The minimum Gasteiger partial charge on any atom is -0.378 e. The summed E-state index contributed by atoms with van der Waals surface area (Å²) in [6.45, 7) is 7.47. The van der Waals surface area contributed by atoms with E-state index in [4.69, 9.17) is 14.3 Å². The molecule has 0 bridgehead atoms. The second-order valence-electron chi connectivity index (χ2n) is 5.41. The molecule has 3 heterocycles. The lowest BCUT2D eigenvalue weighted by Gasteiger charge is -2.28. The predicted octanol–water partition coefficient (Wildman–Crippen LogP) is -0.0000800. The van der Waals surface area contributed by atoms with Crippen LogP contribution in [0.2, 0.25) is 0 Å². The molecule has 1 amide bonds. The lowest BCUT2D eigenvalue weighted by molar-refractivity contribution is -0.873. The molecule has 120 valence electrons. The number of carbonyl (C=O) groups is 1. The quantitative estimate of drug-likeness (QED) is 0.720. The van der Waals surface area contributed by atoms with Gasteiger partial charge in [0.1, 0.15) is 0 Å². The minimum atomic E-state index is -0.337. The van der Waals surface area contributed by atoms with E-state index in [2.05, 4.69) is 4.90 Å². The Morgan fingerprint density at radius 3 is 2.41 bits per heavy atom. The highest BCUT2D eigenvalue weighted by atomic mass is 16.7. The summed E-state index contributed by atoms with van der Waals surface area (Å²) >= 11 is 0. The van der Waals surface area contributed by atoms with Crippen molar-refractivity contribution in [3.63, 3.8) is 0 Å². The molecule has 0 aromatic carbocycles. The van der Waals surface area contributed by atoms with Crippen molar-refractivity contribution < 1.29 is 23.8 Å². The largest absolute Gasteiger partial charge is 0.478 e. The van der Waals surface area contributed by atoms with E-state index in [0.29, 0.717) is 26.3 Å². The van der Waals surface area contributed by atoms with Crippen LogP contribution in [0.4, 0.5) is 10.5 Å². The summed E-state index contributed by atoms with van der Waals surface area (Å²) in [6, 6.07) is 3.99. The monoisotopic (exact) mass is 308 g/mol. The molecule has 3 rings (SSSR count). The van der Waals surface area contributed by atoms with Crippen molar-refractivity contribution in [2.24, 2.45) is 0 Å². The molecule has 7 nitrogen and oxygen atoms in total. The standard InChI is InChI=1S/C15H22N3O4/c1-13-12-14(16-4-8-20-9-5-16)2-3-18(13)22-15(19)17-6-10-21-11-7-17/h2-3,12H,4-11H2,1H3/q+1. The van der Waals surface area contributed by atoms with Gasteiger partial charge in [-0.05, 0) is 0 Å². The summed E-state index contributed by atoms with van der Waals surface area (Å²) in [6.07, 6.45) is 1.45. The van der Waals surface area contributed by atoms with Gasteiger partial charge in [-0.15, -0.1) is 0 Å². The molecule has 2 fully saturated rings. The lowest BCUT2D eigenvalue weighted by atomic mass is 10.3. The summed E-state index contributed by atoms with van der Waals surface area (Å²) in [5.41, 5.74) is 2.00. The van der Waals surface area contributed by atoms with Crippen LogP contribution in [0, 0.1) is 6.92 Å². The fraction of sp³-hybridized carbons (Fsp3) is 0.600. The molecule has 2 saturated heterocycles. The summed E-state index contributed by atoms with van der Waals surface area (Å²) in [4.78, 5) is 21.5. The Kier molecular flexibility index (Phi) is 4.74. The molecule has 0 saturated carbocycles. The van der Waals surface area contributed by atoms with Gasteiger partial charge < -0.3 is 14.4 Å². The molecule has 1 aromatic heterocycles. The number of nitrogens with zero attached hydrogens (tertiary/aromatic N) is 3. The summed E-state index contributed by atoms with van der Waals surface area (Å²) in [5.74, 6) is 0. The average Bonchev–Trinajstić information content (AvgIpc) is 2.58. The zero-order valence-electron chi connectivity index (χ0n) is 12.9. The van der Waals surface area contributed by atoms with E-state index in [9.17, 15) is 4.79 Å². The zero-order valence-corrected chi connectivity index (χ0v) is 12.9. The van der Waals surface area contributed by atoms with E-state index < -0.39 is 0 Å². The SMILES string of the molecule is Cc1cc(N2CCOCC2)cc[n+]1OC(=O)N1CCOCC1. The highest BCUT2D eigenvalue weighted by Gasteiger charge is 2.24. The molecule has 2 aliphatic heterocycles. The summed E-state index contributed by atoms with van der Waals surface area (Å²) < 4.78 is 12.1. The van der Waals surface area contributed by atoms with Crippen LogP contribution in [-0.2, 0) is 9.47 Å². The Morgan fingerprint density at radius 2 is 1.77 bits per heavy atom.